The zero-order valence-electron chi connectivity index (χ0n) is 12.2. The Morgan fingerprint density at radius 1 is 1.21 bits per heavy atom. The summed E-state index contributed by atoms with van der Waals surface area (Å²) in [5, 5.41) is 6.12. The molecule has 0 saturated heterocycles. The van der Waals surface area contributed by atoms with Gasteiger partial charge in [0.2, 0.25) is 5.90 Å². The van der Waals surface area contributed by atoms with Gasteiger partial charge in [0.25, 0.3) is 5.91 Å². The van der Waals surface area contributed by atoms with Gasteiger partial charge in [-0.25, -0.2) is 10.2 Å². The van der Waals surface area contributed by atoms with Gasteiger partial charge in [0.05, 0.1) is 6.61 Å². The summed E-state index contributed by atoms with van der Waals surface area (Å²) >= 11 is 0. The van der Waals surface area contributed by atoms with Crippen LogP contribution in [-0.4, -0.2) is 36.7 Å². The first-order valence-electron chi connectivity index (χ1n) is 6.23. The standard InChI is InChI=1S/C12H23N3O4/c1-6-10(18-7-2)15-14-9(16)8-13-11(17)19-12(3,4)5/h6-8H2,1-5H3,(H,13,17)(H,14,16). The average molecular weight is 273 g/mol. The van der Waals surface area contributed by atoms with Crippen molar-refractivity contribution < 1.29 is 19.1 Å². The lowest BCUT2D eigenvalue weighted by Gasteiger charge is -2.19. The minimum atomic E-state index is -0.646. The number of hydrogen-bond acceptors (Lipinski definition) is 5. The maximum Gasteiger partial charge on any atom is 0.408 e. The van der Waals surface area contributed by atoms with Gasteiger partial charge in [-0.2, -0.15) is 0 Å². The van der Waals surface area contributed by atoms with Crippen LogP contribution in [0.4, 0.5) is 4.79 Å². The number of amides is 2. The lowest BCUT2D eigenvalue weighted by Crippen LogP contribution is -2.38. The van der Waals surface area contributed by atoms with Crippen molar-refractivity contribution in [3.8, 4) is 0 Å². The summed E-state index contributed by atoms with van der Waals surface area (Å²) in [7, 11) is 0. The highest BCUT2D eigenvalue weighted by Gasteiger charge is 2.16. The Hall–Kier alpha value is -1.79. The van der Waals surface area contributed by atoms with Crippen LogP contribution >= 0.6 is 0 Å². The Balaban J connectivity index is 4.02. The third kappa shape index (κ3) is 9.87. The quantitative estimate of drug-likeness (QED) is 0.450. The maximum atomic E-state index is 11.4. The molecule has 0 aliphatic heterocycles. The molecule has 0 aliphatic rings. The van der Waals surface area contributed by atoms with Crippen molar-refractivity contribution in [2.24, 2.45) is 5.10 Å². The summed E-state index contributed by atoms with van der Waals surface area (Å²) in [6.45, 7) is 9.20. The molecule has 0 aromatic carbocycles. The molecule has 0 aliphatic carbocycles. The van der Waals surface area contributed by atoms with Crippen LogP contribution < -0.4 is 10.7 Å². The predicted molar refractivity (Wildman–Crippen MR) is 71.7 cm³/mol. The molecule has 0 aromatic heterocycles. The lowest BCUT2D eigenvalue weighted by molar-refractivity contribution is -0.120. The van der Waals surface area contributed by atoms with Gasteiger partial charge in [-0.1, -0.05) is 6.92 Å². The van der Waals surface area contributed by atoms with E-state index < -0.39 is 17.6 Å². The summed E-state index contributed by atoms with van der Waals surface area (Å²) in [4.78, 5) is 22.7. The summed E-state index contributed by atoms with van der Waals surface area (Å²) in [5.74, 6) is -0.00960. The van der Waals surface area contributed by atoms with Crippen molar-refractivity contribution >= 4 is 17.9 Å². The number of hydrogen-bond donors (Lipinski definition) is 2. The lowest BCUT2D eigenvalue weighted by atomic mass is 10.2. The van der Waals surface area contributed by atoms with E-state index in [0.717, 1.165) is 0 Å². The van der Waals surface area contributed by atoms with E-state index in [0.29, 0.717) is 18.9 Å². The molecular formula is C12H23N3O4. The molecule has 7 heteroatoms. The van der Waals surface area contributed by atoms with Crippen LogP contribution in [0.1, 0.15) is 41.0 Å². The van der Waals surface area contributed by atoms with Gasteiger partial charge in [-0.05, 0) is 27.7 Å². The number of carbonyl (C=O) groups is 2. The molecule has 0 saturated carbocycles. The third-order valence-electron chi connectivity index (χ3n) is 1.71. The number of ether oxygens (including phenoxy) is 2. The number of nitrogens with one attached hydrogen (secondary N) is 2. The molecule has 0 atom stereocenters. The predicted octanol–water partition coefficient (Wildman–Crippen LogP) is 1.39. The fourth-order valence-electron chi connectivity index (χ4n) is 1.01. The average Bonchev–Trinajstić information content (AvgIpc) is 2.29. The highest BCUT2D eigenvalue weighted by Crippen LogP contribution is 2.05. The van der Waals surface area contributed by atoms with Gasteiger partial charge in [0, 0.05) is 6.42 Å². The molecule has 0 spiro atoms. The molecule has 0 bridgehead atoms. The Kier molecular flexibility index (Phi) is 7.55. The topological polar surface area (TPSA) is 89.0 Å². The van der Waals surface area contributed by atoms with Crippen LogP contribution in [0.15, 0.2) is 5.10 Å². The number of nitrogens with zero attached hydrogens (tertiary/aromatic N) is 1. The second-order valence-corrected chi connectivity index (χ2v) is 4.68. The smallest absolute Gasteiger partial charge is 0.408 e. The summed E-state index contributed by atoms with van der Waals surface area (Å²) in [6.07, 6.45) is -0.0692. The number of carbonyl (C=O) groups excluding carboxylic acids is 2. The molecule has 7 nitrogen and oxygen atoms in total. The fourth-order valence-corrected chi connectivity index (χ4v) is 1.01. The largest absolute Gasteiger partial charge is 0.480 e. The van der Waals surface area contributed by atoms with Crippen molar-refractivity contribution in [3.05, 3.63) is 0 Å². The van der Waals surface area contributed by atoms with Crippen LogP contribution in [-0.2, 0) is 14.3 Å². The van der Waals surface area contributed by atoms with Gasteiger partial charge in [0.1, 0.15) is 12.1 Å². The molecule has 0 aromatic rings. The molecule has 0 unspecified atom stereocenters. The van der Waals surface area contributed by atoms with E-state index in [1.807, 2.05) is 13.8 Å². The van der Waals surface area contributed by atoms with Gasteiger partial charge in [-0.15, -0.1) is 5.10 Å². The van der Waals surface area contributed by atoms with Crippen LogP contribution in [0, 0.1) is 0 Å². The normalized spacial score (nSPS) is 11.7. The Morgan fingerprint density at radius 2 is 1.84 bits per heavy atom. The first kappa shape index (κ1) is 17.2. The van der Waals surface area contributed by atoms with E-state index in [2.05, 4.69) is 15.8 Å². The van der Waals surface area contributed by atoms with Crippen LogP contribution in [0.5, 0.6) is 0 Å². The maximum absolute atomic E-state index is 11.4. The van der Waals surface area contributed by atoms with Crippen molar-refractivity contribution in [1.29, 1.82) is 0 Å². The van der Waals surface area contributed by atoms with E-state index >= 15 is 0 Å². The van der Waals surface area contributed by atoms with Crippen molar-refractivity contribution in [1.82, 2.24) is 10.7 Å². The zero-order valence-corrected chi connectivity index (χ0v) is 12.2. The van der Waals surface area contributed by atoms with E-state index in [1.54, 1.807) is 20.8 Å². The van der Waals surface area contributed by atoms with Gasteiger partial charge < -0.3 is 14.8 Å². The van der Waals surface area contributed by atoms with Crippen molar-refractivity contribution in [2.75, 3.05) is 13.2 Å². The first-order valence-corrected chi connectivity index (χ1v) is 6.23. The van der Waals surface area contributed by atoms with E-state index in [1.165, 1.54) is 0 Å². The van der Waals surface area contributed by atoms with E-state index in [9.17, 15) is 9.59 Å². The monoisotopic (exact) mass is 273 g/mol. The Morgan fingerprint density at radius 3 is 2.32 bits per heavy atom. The number of alkyl carbamates (subject to hydrolysis) is 1. The van der Waals surface area contributed by atoms with E-state index in [-0.39, 0.29) is 6.54 Å². The molecule has 19 heavy (non-hydrogen) atoms. The molecule has 0 heterocycles. The van der Waals surface area contributed by atoms with Crippen molar-refractivity contribution in [3.63, 3.8) is 0 Å². The molecule has 0 rings (SSSR count). The van der Waals surface area contributed by atoms with Gasteiger partial charge in [-0.3, -0.25) is 4.79 Å². The minimum Gasteiger partial charge on any atom is -0.480 e. The molecule has 2 N–H and O–H groups in total. The van der Waals surface area contributed by atoms with Crippen LogP contribution in [0.2, 0.25) is 0 Å². The number of hydrazone groups is 1. The van der Waals surface area contributed by atoms with Crippen molar-refractivity contribution in [2.45, 2.75) is 46.6 Å². The Labute approximate surface area is 113 Å². The summed E-state index contributed by atoms with van der Waals surface area (Å²) in [6, 6.07) is 0. The summed E-state index contributed by atoms with van der Waals surface area (Å²) < 4.78 is 10.1. The Bertz CT molecular complexity index is 334. The second-order valence-electron chi connectivity index (χ2n) is 4.68. The third-order valence-corrected chi connectivity index (χ3v) is 1.71. The molecule has 2 amide bonds. The van der Waals surface area contributed by atoms with Gasteiger partial charge in [0.15, 0.2) is 0 Å². The molecule has 0 fully saturated rings. The van der Waals surface area contributed by atoms with Crippen LogP contribution in [0.3, 0.4) is 0 Å². The van der Waals surface area contributed by atoms with Crippen LogP contribution in [0.25, 0.3) is 0 Å². The highest BCUT2D eigenvalue weighted by molar-refractivity contribution is 5.84. The molecular weight excluding hydrogens is 250 g/mol. The molecule has 110 valence electrons. The minimum absolute atomic E-state index is 0.207. The zero-order chi connectivity index (χ0) is 14.9. The molecule has 0 radical (unpaired) electrons. The summed E-state index contributed by atoms with van der Waals surface area (Å²) in [5.41, 5.74) is 1.70. The van der Waals surface area contributed by atoms with Gasteiger partial charge >= 0.3 is 6.09 Å². The first-order chi connectivity index (χ1) is 8.78. The van der Waals surface area contributed by atoms with E-state index in [4.69, 9.17) is 9.47 Å². The fraction of sp³-hybridized carbons (Fsp3) is 0.750. The highest BCUT2D eigenvalue weighted by atomic mass is 16.6. The SMILES string of the molecule is CCOC(CC)=NNC(=O)CNC(=O)OC(C)(C)C. The second kappa shape index (κ2) is 8.34. The number of rotatable bonds is 5.